The highest BCUT2D eigenvalue weighted by Crippen LogP contribution is 2.31. The molecule has 1 N–H and O–H groups in total. The quantitative estimate of drug-likeness (QED) is 0.884. The molecule has 3 rings (SSSR count). The predicted octanol–water partition coefficient (Wildman–Crippen LogP) is 2.51. The van der Waals surface area contributed by atoms with E-state index in [2.05, 4.69) is 10.4 Å². The minimum Gasteiger partial charge on any atom is -0.369 e. The predicted molar refractivity (Wildman–Crippen MR) is 96.7 cm³/mol. The molecule has 0 saturated carbocycles. The lowest BCUT2D eigenvalue weighted by atomic mass is 10.1. The van der Waals surface area contributed by atoms with Crippen molar-refractivity contribution in [2.24, 2.45) is 7.05 Å². The van der Waals surface area contributed by atoms with E-state index in [1.165, 1.54) is 12.1 Å². The van der Waals surface area contributed by atoms with Gasteiger partial charge in [0.05, 0.1) is 17.8 Å². The third-order valence-electron chi connectivity index (χ3n) is 4.55. The number of benzene rings is 1. The van der Waals surface area contributed by atoms with Gasteiger partial charge in [0.15, 0.2) is 0 Å². The Balaban J connectivity index is 1.53. The highest BCUT2D eigenvalue weighted by Gasteiger charge is 2.31. The molecule has 1 fully saturated rings. The second kappa shape index (κ2) is 7.59. The molecule has 1 aromatic carbocycles. The molecule has 1 amide bonds. The first-order chi connectivity index (χ1) is 12.7. The van der Waals surface area contributed by atoms with E-state index in [4.69, 9.17) is 0 Å². The fraction of sp³-hybridized carbons (Fsp3) is 0.444. The summed E-state index contributed by atoms with van der Waals surface area (Å²) in [6, 6.07) is 7.15. The van der Waals surface area contributed by atoms with E-state index in [9.17, 15) is 18.0 Å². The number of halogens is 3. The number of hydrogen-bond donors (Lipinski definition) is 1. The van der Waals surface area contributed by atoms with Crippen LogP contribution < -0.4 is 10.2 Å². The topological polar surface area (TPSA) is 53.4 Å². The number of carbonyl (C=O) groups excluding carboxylic acids is 1. The van der Waals surface area contributed by atoms with E-state index >= 15 is 0 Å². The van der Waals surface area contributed by atoms with Crippen LogP contribution in [0, 0.1) is 6.92 Å². The zero-order chi connectivity index (χ0) is 19.6. The zero-order valence-corrected chi connectivity index (χ0v) is 15.3. The normalized spacial score (nSPS) is 15.8. The summed E-state index contributed by atoms with van der Waals surface area (Å²) in [5.41, 5.74) is 0.732. The molecule has 0 bridgehead atoms. The molecule has 27 heavy (non-hydrogen) atoms. The van der Waals surface area contributed by atoms with Gasteiger partial charge in [-0.1, -0.05) is 6.07 Å². The summed E-state index contributed by atoms with van der Waals surface area (Å²) < 4.78 is 40.2. The van der Waals surface area contributed by atoms with Crippen molar-refractivity contribution in [2.75, 3.05) is 42.9 Å². The zero-order valence-electron chi connectivity index (χ0n) is 15.3. The number of nitrogens with one attached hydrogen (secondary N) is 1. The Bertz CT molecular complexity index is 810. The van der Waals surface area contributed by atoms with Gasteiger partial charge in [-0.3, -0.25) is 14.4 Å². The summed E-state index contributed by atoms with van der Waals surface area (Å²) in [4.78, 5) is 16.1. The second-order valence-corrected chi connectivity index (χ2v) is 6.65. The van der Waals surface area contributed by atoms with Gasteiger partial charge >= 0.3 is 6.18 Å². The lowest BCUT2D eigenvalue weighted by Crippen LogP contribution is -2.48. The maximum absolute atomic E-state index is 12.9. The molecule has 146 valence electrons. The van der Waals surface area contributed by atoms with Gasteiger partial charge in [-0.15, -0.1) is 0 Å². The summed E-state index contributed by atoms with van der Waals surface area (Å²) in [7, 11) is 1.76. The average molecular weight is 381 g/mol. The molecule has 1 aliphatic heterocycles. The van der Waals surface area contributed by atoms with Gasteiger partial charge < -0.3 is 10.2 Å². The third kappa shape index (κ3) is 4.79. The van der Waals surface area contributed by atoms with Crippen molar-refractivity contribution < 1.29 is 18.0 Å². The summed E-state index contributed by atoms with van der Waals surface area (Å²) >= 11 is 0. The fourth-order valence-corrected chi connectivity index (χ4v) is 3.16. The number of anilines is 2. The molecule has 6 nitrogen and oxygen atoms in total. The minimum atomic E-state index is -4.35. The molecule has 0 radical (unpaired) electrons. The van der Waals surface area contributed by atoms with Gasteiger partial charge in [0.2, 0.25) is 5.91 Å². The van der Waals surface area contributed by atoms with E-state index in [0.717, 1.165) is 11.8 Å². The van der Waals surface area contributed by atoms with E-state index in [1.54, 1.807) is 23.9 Å². The first-order valence-corrected chi connectivity index (χ1v) is 8.67. The molecule has 1 aromatic heterocycles. The monoisotopic (exact) mass is 381 g/mol. The van der Waals surface area contributed by atoms with Crippen molar-refractivity contribution in [3.05, 3.63) is 41.6 Å². The third-order valence-corrected chi connectivity index (χ3v) is 4.55. The SMILES string of the molecule is Cc1cc(NC(=O)CN2CCN(c3cccc(C(F)(F)F)c3)CC2)n(C)n1. The van der Waals surface area contributed by atoms with E-state index in [0.29, 0.717) is 37.7 Å². The first kappa shape index (κ1) is 19.2. The van der Waals surface area contributed by atoms with Gasteiger partial charge in [-0.05, 0) is 25.1 Å². The van der Waals surface area contributed by atoms with Crippen molar-refractivity contribution in [3.63, 3.8) is 0 Å². The number of hydrogen-bond acceptors (Lipinski definition) is 4. The largest absolute Gasteiger partial charge is 0.416 e. The molecule has 1 saturated heterocycles. The molecule has 9 heteroatoms. The Hall–Kier alpha value is -2.55. The number of alkyl halides is 3. The molecule has 2 heterocycles. The number of aryl methyl sites for hydroxylation is 2. The van der Waals surface area contributed by atoms with Crippen LogP contribution in [-0.2, 0) is 18.0 Å². The molecule has 0 aliphatic carbocycles. The smallest absolute Gasteiger partial charge is 0.369 e. The number of amides is 1. The van der Waals surface area contributed by atoms with Crippen LogP contribution in [0.2, 0.25) is 0 Å². The second-order valence-electron chi connectivity index (χ2n) is 6.65. The molecule has 0 unspecified atom stereocenters. The number of piperazine rings is 1. The maximum Gasteiger partial charge on any atom is 0.416 e. The summed E-state index contributed by atoms with van der Waals surface area (Å²) in [6.45, 7) is 4.43. The summed E-state index contributed by atoms with van der Waals surface area (Å²) in [5.74, 6) is 0.505. The number of rotatable bonds is 4. The van der Waals surface area contributed by atoms with Gasteiger partial charge in [0, 0.05) is 45.0 Å². The van der Waals surface area contributed by atoms with E-state index in [1.807, 2.05) is 16.7 Å². The van der Waals surface area contributed by atoms with Crippen LogP contribution in [0.5, 0.6) is 0 Å². The van der Waals surface area contributed by atoms with Crippen LogP contribution in [0.1, 0.15) is 11.3 Å². The molecule has 1 aliphatic rings. The standard InChI is InChI=1S/C18H22F3N5O/c1-13-10-16(24(2)23-13)22-17(27)12-25-6-8-26(9-7-25)15-5-3-4-14(11-15)18(19,20)21/h3-5,10-11H,6-9,12H2,1-2H3,(H,22,27). The van der Waals surface area contributed by atoms with Crippen molar-refractivity contribution in [2.45, 2.75) is 13.1 Å². The highest BCUT2D eigenvalue weighted by atomic mass is 19.4. The Morgan fingerprint density at radius 3 is 2.48 bits per heavy atom. The Morgan fingerprint density at radius 2 is 1.89 bits per heavy atom. The highest BCUT2D eigenvalue weighted by molar-refractivity contribution is 5.91. The average Bonchev–Trinajstić information content (AvgIpc) is 2.92. The molecule has 0 spiro atoms. The van der Waals surface area contributed by atoms with Gasteiger partial charge in [0.25, 0.3) is 0 Å². The first-order valence-electron chi connectivity index (χ1n) is 8.67. The van der Waals surface area contributed by atoms with E-state index < -0.39 is 11.7 Å². The van der Waals surface area contributed by atoms with Crippen LogP contribution in [0.25, 0.3) is 0 Å². The van der Waals surface area contributed by atoms with Crippen molar-refractivity contribution in [1.29, 1.82) is 0 Å². The number of aromatic nitrogens is 2. The maximum atomic E-state index is 12.9. The van der Waals surface area contributed by atoms with Crippen LogP contribution in [0.15, 0.2) is 30.3 Å². The Morgan fingerprint density at radius 1 is 1.19 bits per heavy atom. The lowest BCUT2D eigenvalue weighted by molar-refractivity contribution is -0.137. The number of nitrogens with zero attached hydrogens (tertiary/aromatic N) is 4. The molecular formula is C18H22F3N5O. The van der Waals surface area contributed by atoms with Crippen LogP contribution >= 0.6 is 0 Å². The van der Waals surface area contributed by atoms with E-state index in [-0.39, 0.29) is 12.5 Å². The summed E-state index contributed by atoms with van der Waals surface area (Å²) in [5, 5.41) is 7.01. The van der Waals surface area contributed by atoms with Gasteiger partial charge in [-0.25, -0.2) is 0 Å². The van der Waals surface area contributed by atoms with Crippen molar-refractivity contribution in [3.8, 4) is 0 Å². The Labute approximate surface area is 155 Å². The number of carbonyl (C=O) groups is 1. The molecule has 0 atom stereocenters. The fourth-order valence-electron chi connectivity index (χ4n) is 3.16. The van der Waals surface area contributed by atoms with Crippen molar-refractivity contribution in [1.82, 2.24) is 14.7 Å². The minimum absolute atomic E-state index is 0.134. The molecule has 2 aromatic rings. The summed E-state index contributed by atoms with van der Waals surface area (Å²) in [6.07, 6.45) is -4.35. The van der Waals surface area contributed by atoms with Gasteiger partial charge in [0.1, 0.15) is 5.82 Å². The Kier molecular flexibility index (Phi) is 5.41. The van der Waals surface area contributed by atoms with Gasteiger partial charge in [-0.2, -0.15) is 18.3 Å². The van der Waals surface area contributed by atoms with Crippen LogP contribution in [-0.4, -0.2) is 53.3 Å². The molecular weight excluding hydrogens is 359 g/mol. The van der Waals surface area contributed by atoms with Crippen LogP contribution in [0.4, 0.5) is 24.7 Å². The van der Waals surface area contributed by atoms with Crippen LogP contribution in [0.3, 0.4) is 0 Å². The lowest BCUT2D eigenvalue weighted by Gasteiger charge is -2.35. The van der Waals surface area contributed by atoms with Crippen molar-refractivity contribution >= 4 is 17.4 Å².